The van der Waals surface area contributed by atoms with E-state index in [0.717, 1.165) is 5.52 Å². The molecule has 152 valence electrons. The summed E-state index contributed by atoms with van der Waals surface area (Å²) in [6, 6.07) is 12.0. The van der Waals surface area contributed by atoms with Crippen LogP contribution in [0.4, 0.5) is 5.69 Å². The molecule has 0 saturated heterocycles. The van der Waals surface area contributed by atoms with Crippen molar-refractivity contribution in [3.05, 3.63) is 63.5 Å². The van der Waals surface area contributed by atoms with Crippen molar-refractivity contribution in [2.75, 3.05) is 5.32 Å². The van der Waals surface area contributed by atoms with E-state index < -0.39 is 5.91 Å². The Hall–Kier alpha value is -3.06. The third-order valence-corrected chi connectivity index (χ3v) is 4.80. The van der Waals surface area contributed by atoms with Crippen molar-refractivity contribution in [1.29, 1.82) is 0 Å². The van der Waals surface area contributed by atoms with E-state index in [-0.39, 0.29) is 24.2 Å². The van der Waals surface area contributed by atoms with Crippen LogP contribution < -0.4 is 16.3 Å². The van der Waals surface area contributed by atoms with Gasteiger partial charge in [0.1, 0.15) is 6.54 Å². The predicted octanol–water partition coefficient (Wildman–Crippen LogP) is 3.25. The maximum Gasteiger partial charge on any atom is 0.329 e. The molecule has 1 heterocycles. The molecule has 7 nitrogen and oxygen atoms in total. The zero-order valence-electron chi connectivity index (χ0n) is 16.5. The summed E-state index contributed by atoms with van der Waals surface area (Å²) < 4.78 is 3.05. The first-order valence-corrected chi connectivity index (χ1v) is 9.78. The summed E-state index contributed by atoms with van der Waals surface area (Å²) in [4.78, 5) is 37.5. The fourth-order valence-corrected chi connectivity index (χ4v) is 3.34. The number of hydrogen-bond acceptors (Lipinski definition) is 3. The van der Waals surface area contributed by atoms with Crippen LogP contribution in [-0.4, -0.2) is 27.0 Å². The molecule has 0 aliphatic rings. The summed E-state index contributed by atoms with van der Waals surface area (Å²) in [7, 11) is 0. The fraction of sp³-hybridized carbons (Fsp3) is 0.286. The summed E-state index contributed by atoms with van der Waals surface area (Å²) >= 11 is 6.19. The van der Waals surface area contributed by atoms with Crippen LogP contribution in [0.15, 0.2) is 47.3 Å². The number of aryl methyl sites for hydroxylation is 1. The minimum absolute atomic E-state index is 0.0148. The molecular formula is C21H23ClN4O3. The van der Waals surface area contributed by atoms with Gasteiger partial charge < -0.3 is 10.6 Å². The number of amides is 2. The Kier molecular flexibility index (Phi) is 6.08. The van der Waals surface area contributed by atoms with Crippen LogP contribution in [-0.2, 0) is 17.9 Å². The third kappa shape index (κ3) is 4.35. The molecule has 3 rings (SSSR count). The summed E-state index contributed by atoms with van der Waals surface area (Å²) in [6.07, 6.45) is 0. The van der Waals surface area contributed by atoms with Gasteiger partial charge in [-0.25, -0.2) is 4.79 Å². The van der Waals surface area contributed by atoms with Crippen LogP contribution in [0, 0.1) is 0 Å². The minimum Gasteiger partial charge on any atom is -0.350 e. The molecule has 0 bridgehead atoms. The maximum atomic E-state index is 12.7. The van der Waals surface area contributed by atoms with E-state index in [1.54, 1.807) is 22.8 Å². The van der Waals surface area contributed by atoms with Gasteiger partial charge in [0.25, 0.3) is 5.91 Å². The molecule has 0 spiro atoms. The molecule has 2 N–H and O–H groups in total. The highest BCUT2D eigenvalue weighted by Gasteiger charge is 2.16. The van der Waals surface area contributed by atoms with Gasteiger partial charge in [-0.3, -0.25) is 18.7 Å². The molecular weight excluding hydrogens is 392 g/mol. The molecule has 0 radical (unpaired) electrons. The van der Waals surface area contributed by atoms with Gasteiger partial charge >= 0.3 is 5.69 Å². The maximum absolute atomic E-state index is 12.7. The second-order valence-electron chi connectivity index (χ2n) is 6.97. The SMILES string of the molecule is CCn1c(=O)n(CC(=O)Nc2cc(C(=O)NC(C)C)ccc2Cl)c2ccccc21. The van der Waals surface area contributed by atoms with E-state index in [2.05, 4.69) is 10.6 Å². The lowest BCUT2D eigenvalue weighted by Crippen LogP contribution is -2.30. The molecule has 1 aromatic heterocycles. The number of fused-ring (bicyclic) bond motifs is 1. The van der Waals surface area contributed by atoms with E-state index in [1.807, 2.05) is 39.0 Å². The number of rotatable bonds is 6. The Bertz CT molecular complexity index is 1130. The summed E-state index contributed by atoms with van der Waals surface area (Å²) in [5, 5.41) is 5.81. The molecule has 0 fully saturated rings. The molecule has 2 amide bonds. The van der Waals surface area contributed by atoms with Gasteiger partial charge in [0.2, 0.25) is 5.91 Å². The summed E-state index contributed by atoms with van der Waals surface area (Å²) in [5.41, 5.74) is 1.92. The Labute approximate surface area is 173 Å². The van der Waals surface area contributed by atoms with E-state index in [1.165, 1.54) is 10.6 Å². The normalized spacial score (nSPS) is 11.1. The molecule has 2 aromatic carbocycles. The summed E-state index contributed by atoms with van der Waals surface area (Å²) in [5.74, 6) is -0.663. The zero-order valence-corrected chi connectivity index (χ0v) is 17.3. The second-order valence-corrected chi connectivity index (χ2v) is 7.38. The number of anilines is 1. The van der Waals surface area contributed by atoms with Crippen molar-refractivity contribution in [2.24, 2.45) is 0 Å². The van der Waals surface area contributed by atoms with Crippen molar-refractivity contribution in [1.82, 2.24) is 14.5 Å². The Morgan fingerprint density at radius 1 is 1.07 bits per heavy atom. The number of hydrogen-bond donors (Lipinski definition) is 2. The van der Waals surface area contributed by atoms with Crippen molar-refractivity contribution in [3.63, 3.8) is 0 Å². The first kappa shape index (κ1) is 20.7. The van der Waals surface area contributed by atoms with Gasteiger partial charge in [-0.2, -0.15) is 0 Å². The predicted molar refractivity (Wildman–Crippen MR) is 115 cm³/mol. The monoisotopic (exact) mass is 414 g/mol. The Balaban J connectivity index is 1.85. The second kappa shape index (κ2) is 8.53. The quantitative estimate of drug-likeness (QED) is 0.649. The number of carbonyl (C=O) groups excluding carboxylic acids is 2. The number of para-hydroxylation sites is 2. The Morgan fingerprint density at radius 3 is 2.34 bits per heavy atom. The van der Waals surface area contributed by atoms with Crippen molar-refractivity contribution < 1.29 is 9.59 Å². The highest BCUT2D eigenvalue weighted by Crippen LogP contribution is 2.23. The average molecular weight is 415 g/mol. The van der Waals surface area contributed by atoms with Crippen molar-refractivity contribution in [2.45, 2.75) is 39.9 Å². The smallest absolute Gasteiger partial charge is 0.329 e. The van der Waals surface area contributed by atoms with Crippen LogP contribution in [0.3, 0.4) is 0 Å². The van der Waals surface area contributed by atoms with E-state index >= 15 is 0 Å². The van der Waals surface area contributed by atoms with Crippen LogP contribution in [0.5, 0.6) is 0 Å². The van der Waals surface area contributed by atoms with Crippen LogP contribution in [0.1, 0.15) is 31.1 Å². The molecule has 0 saturated carbocycles. The number of nitrogens with zero attached hydrogens (tertiary/aromatic N) is 2. The molecule has 0 unspecified atom stereocenters. The van der Waals surface area contributed by atoms with Crippen LogP contribution in [0.25, 0.3) is 11.0 Å². The largest absolute Gasteiger partial charge is 0.350 e. The molecule has 0 aliphatic carbocycles. The molecule has 0 atom stereocenters. The molecule has 3 aromatic rings. The topological polar surface area (TPSA) is 85.1 Å². The van der Waals surface area contributed by atoms with Gasteiger partial charge in [0.05, 0.1) is 21.7 Å². The highest BCUT2D eigenvalue weighted by molar-refractivity contribution is 6.33. The van der Waals surface area contributed by atoms with Crippen molar-refractivity contribution in [3.8, 4) is 0 Å². The molecule has 29 heavy (non-hydrogen) atoms. The van der Waals surface area contributed by atoms with Crippen molar-refractivity contribution >= 4 is 40.1 Å². The first-order chi connectivity index (χ1) is 13.8. The standard InChI is InChI=1S/C21H23ClN4O3/c1-4-25-17-7-5-6-8-18(17)26(21(25)29)12-19(27)24-16-11-14(9-10-15(16)22)20(28)23-13(2)3/h5-11,13H,4,12H2,1-3H3,(H,23,28)(H,24,27). The van der Waals surface area contributed by atoms with Gasteiger partial charge in [-0.15, -0.1) is 0 Å². The molecule has 0 aliphatic heterocycles. The third-order valence-electron chi connectivity index (χ3n) is 4.47. The average Bonchev–Trinajstić information content (AvgIpc) is 2.94. The minimum atomic E-state index is -0.408. The van der Waals surface area contributed by atoms with Gasteiger partial charge in [0.15, 0.2) is 0 Å². The Morgan fingerprint density at radius 2 is 1.72 bits per heavy atom. The number of carbonyl (C=O) groups is 2. The molecule has 8 heteroatoms. The first-order valence-electron chi connectivity index (χ1n) is 9.40. The van der Waals surface area contributed by atoms with E-state index in [0.29, 0.717) is 28.3 Å². The number of benzene rings is 2. The van der Waals surface area contributed by atoms with E-state index in [9.17, 15) is 14.4 Å². The lowest BCUT2D eigenvalue weighted by atomic mass is 10.1. The van der Waals surface area contributed by atoms with Gasteiger partial charge in [-0.1, -0.05) is 23.7 Å². The lowest BCUT2D eigenvalue weighted by Gasteiger charge is -2.12. The lowest BCUT2D eigenvalue weighted by molar-refractivity contribution is -0.116. The van der Waals surface area contributed by atoms with Gasteiger partial charge in [0, 0.05) is 18.2 Å². The zero-order chi connectivity index (χ0) is 21.1. The summed E-state index contributed by atoms with van der Waals surface area (Å²) in [6.45, 7) is 5.95. The highest BCUT2D eigenvalue weighted by atomic mass is 35.5. The number of halogens is 1. The van der Waals surface area contributed by atoms with Crippen LogP contribution in [0.2, 0.25) is 5.02 Å². The number of aromatic nitrogens is 2. The number of imidazole rings is 1. The van der Waals surface area contributed by atoms with Crippen LogP contribution >= 0.6 is 11.6 Å². The van der Waals surface area contributed by atoms with Gasteiger partial charge in [-0.05, 0) is 51.1 Å². The fourth-order valence-electron chi connectivity index (χ4n) is 3.17. The van der Waals surface area contributed by atoms with E-state index in [4.69, 9.17) is 11.6 Å². The number of nitrogens with one attached hydrogen (secondary N) is 2.